The van der Waals surface area contributed by atoms with Crippen molar-refractivity contribution in [2.75, 3.05) is 80.3 Å². The van der Waals surface area contributed by atoms with Gasteiger partial charge in [0.1, 0.15) is 50.3 Å². The third-order valence-corrected chi connectivity index (χ3v) is 17.1. The van der Waals surface area contributed by atoms with Crippen molar-refractivity contribution in [1.29, 1.82) is 0 Å². The predicted octanol–water partition coefficient (Wildman–Crippen LogP) is 5.46. The number of hydrogen-bond donors (Lipinski definition) is 5. The molecule has 0 spiro atoms. The highest BCUT2D eigenvalue weighted by molar-refractivity contribution is 14.1. The zero-order chi connectivity index (χ0) is 60.8. The number of nitrogens with zero attached hydrogens (tertiary/aromatic N) is 4. The molecule has 4 heterocycles. The van der Waals surface area contributed by atoms with Crippen LogP contribution in [0.1, 0.15) is 77.5 Å². The number of alkyl carbamates (subject to hydrolysis) is 1. The Bertz CT molecular complexity index is 2870. The van der Waals surface area contributed by atoms with Crippen LogP contribution < -0.4 is 31.0 Å². The van der Waals surface area contributed by atoms with E-state index in [1.807, 2.05) is 75.4 Å². The van der Waals surface area contributed by atoms with Gasteiger partial charge in [0.25, 0.3) is 0 Å². The van der Waals surface area contributed by atoms with Crippen LogP contribution in [0.3, 0.4) is 0 Å². The van der Waals surface area contributed by atoms with Gasteiger partial charge in [0.15, 0.2) is 0 Å². The quantitative estimate of drug-likeness (QED) is 0.0134. The summed E-state index contributed by atoms with van der Waals surface area (Å²) in [6.07, 6.45) is 2.00. The first-order valence-corrected chi connectivity index (χ1v) is 29.1. The summed E-state index contributed by atoms with van der Waals surface area (Å²) in [6, 6.07) is 11.3. The van der Waals surface area contributed by atoms with Gasteiger partial charge in [0.05, 0.1) is 64.7 Å². The standard InChI is InChI=1S/C58H80ClIN8O15/c1-35-14-13-17-46(78-10)58(60)33-45(81-56(76)64-58)36(2)53-57(4,83-53)47(32-50(71)67(8)43-29-38(28-35)30-44(77-9)52(43)59)82-55(75)37(3)66(7)49(70)21-24-79-26-27-80-25-22-62-54(74)41(18-19-51(72)73)63-48(69)20-23-68-40(34-65(6)61-5)31-39-15-11-12-16-42(39)68/h11-17,29-31,36-37,41,45-47,53,61H,18-28,32-34H2,1-10H3,(H,62,74)(H,63,69)(H,64,76)(H,72,73)/b17-13+,35-14+/t36-,37+,41+,45+,46-,47+,53?,57+,58+/m1/s1. The minimum absolute atomic E-state index is 0.00855. The summed E-state index contributed by atoms with van der Waals surface area (Å²) in [4.78, 5) is 95.6. The van der Waals surface area contributed by atoms with Gasteiger partial charge in [-0.3, -0.25) is 29.4 Å². The van der Waals surface area contributed by atoms with Crippen molar-refractivity contribution < 1.29 is 71.8 Å². The zero-order valence-corrected chi connectivity index (χ0v) is 51.8. The second kappa shape index (κ2) is 30.3. The molecule has 0 aliphatic carbocycles. The number of anilines is 1. The number of alkyl halides is 1. The van der Waals surface area contributed by atoms with Crippen molar-refractivity contribution in [3.8, 4) is 5.75 Å². The van der Waals surface area contributed by atoms with Crippen LogP contribution in [-0.2, 0) is 76.7 Å². The Balaban J connectivity index is 1.00. The summed E-state index contributed by atoms with van der Waals surface area (Å²) < 4.78 is 42.4. The molecule has 23 nitrogen and oxygen atoms in total. The van der Waals surface area contributed by atoms with E-state index in [1.165, 1.54) is 30.9 Å². The van der Waals surface area contributed by atoms with E-state index >= 15 is 0 Å². The van der Waals surface area contributed by atoms with Gasteiger partial charge in [0.2, 0.25) is 23.6 Å². The average molecular weight is 1290 g/mol. The number of benzene rings is 2. The van der Waals surface area contributed by atoms with Crippen molar-refractivity contribution in [2.45, 2.75) is 131 Å². The molecule has 1 unspecified atom stereocenters. The molecule has 5 N–H and O–H groups in total. The van der Waals surface area contributed by atoms with Gasteiger partial charge in [-0.05, 0) is 75.9 Å². The van der Waals surface area contributed by atoms with Gasteiger partial charge in [-0.15, -0.1) is 0 Å². The summed E-state index contributed by atoms with van der Waals surface area (Å²) in [5.41, 5.74) is 5.96. The molecule has 3 aliphatic rings. The molecule has 6 rings (SSSR count). The highest BCUT2D eigenvalue weighted by Crippen LogP contribution is 2.50. The summed E-state index contributed by atoms with van der Waals surface area (Å²) >= 11 is 9.03. The molecule has 2 fully saturated rings. The molecule has 25 heteroatoms. The van der Waals surface area contributed by atoms with Gasteiger partial charge in [0, 0.05) is 77.7 Å². The summed E-state index contributed by atoms with van der Waals surface area (Å²) in [5, 5.41) is 20.9. The molecule has 1 aromatic heterocycles. The number of aliphatic carboxylic acids is 1. The maximum atomic E-state index is 14.4. The fourth-order valence-corrected chi connectivity index (χ4v) is 11.6. The number of aromatic nitrogens is 1. The van der Waals surface area contributed by atoms with E-state index in [2.05, 4.69) is 54.6 Å². The number of ether oxygens (including phenoxy) is 7. The van der Waals surface area contributed by atoms with Crippen molar-refractivity contribution >= 4 is 92.4 Å². The maximum Gasteiger partial charge on any atom is 0.408 e. The number of likely N-dealkylation sites (N-methyl/N-ethyl adjacent to an activating group) is 1. The van der Waals surface area contributed by atoms with Gasteiger partial charge < -0.3 is 68.6 Å². The average Bonchev–Trinajstić information content (AvgIpc) is 2.27. The Hall–Kier alpha value is -5.87. The molecule has 2 saturated heterocycles. The number of halogens is 2. The number of amides is 5. The molecule has 0 radical (unpaired) electrons. The van der Waals surface area contributed by atoms with Gasteiger partial charge in [-0.1, -0.05) is 83.1 Å². The van der Waals surface area contributed by atoms with Gasteiger partial charge >= 0.3 is 18.0 Å². The Kier molecular flexibility index (Phi) is 24.2. The number of carbonyl (C=O) groups is 7. The second-order valence-electron chi connectivity index (χ2n) is 21.3. The third kappa shape index (κ3) is 17.6. The summed E-state index contributed by atoms with van der Waals surface area (Å²) in [6.45, 7) is 8.37. The molecule has 0 saturated carbocycles. The lowest BCUT2D eigenvalue weighted by Crippen LogP contribution is -2.60. The van der Waals surface area contributed by atoms with Crippen LogP contribution in [0, 0.1) is 5.92 Å². The van der Waals surface area contributed by atoms with E-state index in [0.717, 1.165) is 27.7 Å². The largest absolute Gasteiger partial charge is 0.495 e. The van der Waals surface area contributed by atoms with E-state index in [1.54, 1.807) is 33.2 Å². The lowest BCUT2D eigenvalue weighted by atomic mass is 9.84. The minimum atomic E-state index is -1.23. The lowest BCUT2D eigenvalue weighted by molar-refractivity contribution is -0.162. The number of hydrazine groups is 1. The lowest BCUT2D eigenvalue weighted by Gasteiger charge is -2.42. The van der Waals surface area contributed by atoms with Crippen LogP contribution >= 0.6 is 34.2 Å². The topological polar surface area (TPSA) is 270 Å². The molecule has 3 aromatic rings. The predicted molar refractivity (Wildman–Crippen MR) is 318 cm³/mol. The van der Waals surface area contributed by atoms with Crippen molar-refractivity contribution in [1.82, 2.24) is 35.9 Å². The number of aryl methyl sites for hydroxylation is 1. The molecule has 9 atom stereocenters. The van der Waals surface area contributed by atoms with Crippen LogP contribution in [0.5, 0.6) is 5.75 Å². The minimum Gasteiger partial charge on any atom is -0.495 e. The van der Waals surface area contributed by atoms with Crippen LogP contribution in [0.2, 0.25) is 5.02 Å². The number of allylic oxidation sites excluding steroid dienone is 3. The van der Waals surface area contributed by atoms with Crippen LogP contribution in [-0.4, -0.2) is 182 Å². The number of esters is 1. The normalized spacial score (nSPS) is 24.5. The highest BCUT2D eigenvalue weighted by atomic mass is 127. The Morgan fingerprint density at radius 2 is 1.75 bits per heavy atom. The SMILES string of the molecule is CNN(C)Cc1cc2ccccc2n1CCC(=O)N[C@@H](CCC(=O)O)C(=O)NCCOCCOCCC(=O)N(C)[C@@H](C)C(=O)O[C@H]1CC(=O)N(C)c2cc(cc(OC)c2Cl)C/C(C)=C/C=C/[C@@H](OC)[C@]2(I)C[C@H](OC(=O)N2)[C@@H](C)C2O[C@]21C. The molecular weight excluding hydrogens is 1210 g/mol. The Labute approximate surface area is 503 Å². The van der Waals surface area contributed by atoms with E-state index in [-0.39, 0.29) is 70.1 Å². The molecule has 456 valence electrons. The fourth-order valence-electron chi connectivity index (χ4n) is 10.2. The van der Waals surface area contributed by atoms with E-state index in [0.29, 0.717) is 37.4 Å². The first-order valence-electron chi connectivity index (χ1n) is 27.6. The van der Waals surface area contributed by atoms with Crippen molar-refractivity contribution in [2.24, 2.45) is 5.92 Å². The van der Waals surface area contributed by atoms with E-state index in [4.69, 9.17) is 44.8 Å². The van der Waals surface area contributed by atoms with E-state index < -0.39 is 93.2 Å². The molecule has 5 amide bonds. The van der Waals surface area contributed by atoms with Crippen LogP contribution in [0.15, 0.2) is 66.3 Å². The van der Waals surface area contributed by atoms with Crippen molar-refractivity contribution in [3.05, 3.63) is 82.5 Å². The number of methoxy groups -OCH3 is 2. The number of carboxylic acid groups (broad SMARTS) is 1. The van der Waals surface area contributed by atoms with Crippen LogP contribution in [0.25, 0.3) is 10.9 Å². The van der Waals surface area contributed by atoms with Crippen molar-refractivity contribution in [3.63, 3.8) is 0 Å². The van der Waals surface area contributed by atoms with Crippen LogP contribution in [0.4, 0.5) is 10.5 Å². The molecule has 4 bridgehead atoms. The van der Waals surface area contributed by atoms with Gasteiger partial charge in [-0.25, -0.2) is 14.6 Å². The number of para-hydroxylation sites is 1. The Morgan fingerprint density at radius 3 is 2.45 bits per heavy atom. The number of nitrogens with one attached hydrogen (secondary N) is 4. The number of rotatable bonds is 25. The maximum absolute atomic E-state index is 14.4. The first-order chi connectivity index (χ1) is 39.4. The molecule has 3 aliphatic heterocycles. The van der Waals surface area contributed by atoms with Gasteiger partial charge in [-0.2, -0.15) is 0 Å². The summed E-state index contributed by atoms with van der Waals surface area (Å²) in [7, 11) is 9.81. The third-order valence-electron chi connectivity index (χ3n) is 15.4. The number of carbonyl (C=O) groups excluding carboxylic acids is 6. The number of fused-ring (bicyclic) bond motifs is 6. The number of hydrogen-bond acceptors (Lipinski definition) is 16. The molecular formula is C58H80ClIN8O15. The smallest absolute Gasteiger partial charge is 0.408 e. The first kappa shape index (κ1) is 66.3. The Morgan fingerprint density at radius 1 is 1.02 bits per heavy atom. The monoisotopic (exact) mass is 1290 g/mol. The molecule has 83 heavy (non-hydrogen) atoms. The van der Waals surface area contributed by atoms with E-state index in [9.17, 15) is 38.7 Å². The highest BCUT2D eigenvalue weighted by Gasteiger charge is 2.64. The number of epoxide rings is 1. The molecule has 2 aromatic carbocycles. The number of carboxylic acids is 1. The zero-order valence-electron chi connectivity index (χ0n) is 48.9. The summed E-state index contributed by atoms with van der Waals surface area (Å²) in [5.74, 6) is -3.81. The fraction of sp³-hybridized carbons (Fsp3) is 0.569. The second-order valence-corrected chi connectivity index (χ2v) is 23.6.